The van der Waals surface area contributed by atoms with Crippen LogP contribution >= 0.6 is 11.6 Å². The van der Waals surface area contributed by atoms with Crippen LogP contribution in [0.2, 0.25) is 5.02 Å². The minimum Gasteiger partial charge on any atom is -0.488 e. The van der Waals surface area contributed by atoms with Gasteiger partial charge in [-0.15, -0.1) is 0 Å². The molecule has 0 saturated carbocycles. The number of carbonyl (C=O) groups excluding carboxylic acids is 1. The number of nitrogens with zero attached hydrogens (tertiary/aromatic N) is 3. The molecule has 1 aliphatic rings. The van der Waals surface area contributed by atoms with Gasteiger partial charge < -0.3 is 10.1 Å². The van der Waals surface area contributed by atoms with Gasteiger partial charge in [-0.1, -0.05) is 11.6 Å². The van der Waals surface area contributed by atoms with Crippen LogP contribution in [0.3, 0.4) is 0 Å². The lowest BCUT2D eigenvalue weighted by molar-refractivity contribution is 0.0942. The zero-order valence-electron chi connectivity index (χ0n) is 13.8. The molecule has 0 aliphatic carbocycles. The Morgan fingerprint density at radius 3 is 3.04 bits per heavy atom. The number of rotatable bonds is 3. The van der Waals surface area contributed by atoms with Gasteiger partial charge in [-0.2, -0.15) is 5.10 Å². The fourth-order valence-electron chi connectivity index (χ4n) is 3.01. The second-order valence-electron chi connectivity index (χ2n) is 5.92. The molecule has 0 unspecified atom stereocenters. The number of halogens is 2. The van der Waals surface area contributed by atoms with Gasteiger partial charge in [0, 0.05) is 35.9 Å². The summed E-state index contributed by atoms with van der Waals surface area (Å²) in [6.45, 7) is 0.389. The Morgan fingerprint density at radius 2 is 2.23 bits per heavy atom. The summed E-state index contributed by atoms with van der Waals surface area (Å²) in [6.07, 6.45) is 2.61. The van der Waals surface area contributed by atoms with Gasteiger partial charge in [0.1, 0.15) is 18.2 Å². The smallest absolute Gasteiger partial charge is 0.272 e. The molecule has 132 valence electrons. The SMILES string of the molecule is Cn1nc(C(=O)NCc2cncc(F)c2)c2c1-c1cc(Cl)ccc1OC2. The van der Waals surface area contributed by atoms with E-state index in [0.717, 1.165) is 17.5 Å². The van der Waals surface area contributed by atoms with Crippen LogP contribution in [0.1, 0.15) is 21.6 Å². The highest BCUT2D eigenvalue weighted by atomic mass is 35.5. The maximum atomic E-state index is 13.2. The quantitative estimate of drug-likeness (QED) is 0.767. The standard InChI is InChI=1S/C18H14ClFN4O2/c1-24-17-13-5-11(19)2-3-15(13)26-9-14(17)16(23-24)18(25)22-7-10-4-12(20)8-21-6-10/h2-6,8H,7,9H2,1H3,(H,22,25). The maximum Gasteiger partial charge on any atom is 0.272 e. The zero-order valence-corrected chi connectivity index (χ0v) is 14.5. The van der Waals surface area contributed by atoms with Crippen LogP contribution < -0.4 is 10.1 Å². The van der Waals surface area contributed by atoms with Crippen molar-refractivity contribution >= 4 is 17.5 Å². The van der Waals surface area contributed by atoms with Crippen LogP contribution in [-0.2, 0) is 20.2 Å². The van der Waals surface area contributed by atoms with Crippen LogP contribution in [-0.4, -0.2) is 20.7 Å². The van der Waals surface area contributed by atoms with Gasteiger partial charge in [0.15, 0.2) is 5.69 Å². The predicted molar refractivity (Wildman–Crippen MR) is 93.4 cm³/mol. The van der Waals surface area contributed by atoms with E-state index < -0.39 is 5.82 Å². The number of pyridine rings is 1. The normalized spacial score (nSPS) is 12.1. The first-order valence-electron chi connectivity index (χ1n) is 7.89. The molecule has 1 N–H and O–H groups in total. The van der Waals surface area contributed by atoms with E-state index in [-0.39, 0.29) is 24.8 Å². The molecule has 0 radical (unpaired) electrons. The van der Waals surface area contributed by atoms with E-state index in [1.165, 1.54) is 12.3 Å². The van der Waals surface area contributed by atoms with Crippen molar-refractivity contribution in [2.45, 2.75) is 13.2 Å². The number of aromatic nitrogens is 3. The highest BCUT2D eigenvalue weighted by Crippen LogP contribution is 2.39. The van der Waals surface area contributed by atoms with Crippen molar-refractivity contribution in [3.05, 3.63) is 64.3 Å². The van der Waals surface area contributed by atoms with E-state index in [0.29, 0.717) is 21.9 Å². The number of hydrogen-bond donors (Lipinski definition) is 1. The second-order valence-corrected chi connectivity index (χ2v) is 6.36. The van der Waals surface area contributed by atoms with Gasteiger partial charge in [-0.05, 0) is 29.8 Å². The predicted octanol–water partition coefficient (Wildman–Crippen LogP) is 3.10. The molecule has 0 fully saturated rings. The fourth-order valence-corrected chi connectivity index (χ4v) is 3.18. The molecule has 8 heteroatoms. The van der Waals surface area contributed by atoms with Crippen LogP contribution in [0.15, 0.2) is 36.7 Å². The Labute approximate surface area is 153 Å². The van der Waals surface area contributed by atoms with Gasteiger partial charge in [0.25, 0.3) is 5.91 Å². The van der Waals surface area contributed by atoms with Crippen molar-refractivity contribution in [2.24, 2.45) is 7.05 Å². The Kier molecular flexibility index (Phi) is 4.08. The number of fused-ring (bicyclic) bond motifs is 3. The first-order valence-corrected chi connectivity index (χ1v) is 8.27. The van der Waals surface area contributed by atoms with Gasteiger partial charge in [0.2, 0.25) is 0 Å². The average Bonchev–Trinajstić information content (AvgIpc) is 2.97. The van der Waals surface area contributed by atoms with Gasteiger partial charge in [0.05, 0.1) is 11.9 Å². The topological polar surface area (TPSA) is 69.0 Å². The molecular formula is C18H14ClFN4O2. The average molecular weight is 373 g/mol. The lowest BCUT2D eigenvalue weighted by Gasteiger charge is -2.19. The maximum absolute atomic E-state index is 13.2. The Bertz CT molecular complexity index is 1020. The molecule has 4 rings (SSSR count). The number of carbonyl (C=O) groups is 1. The molecule has 1 amide bonds. The number of amides is 1. The summed E-state index contributed by atoms with van der Waals surface area (Å²) in [6, 6.07) is 6.66. The molecule has 2 aromatic heterocycles. The zero-order chi connectivity index (χ0) is 18.3. The van der Waals surface area contributed by atoms with Gasteiger partial charge >= 0.3 is 0 Å². The molecular weight excluding hydrogens is 359 g/mol. The van der Waals surface area contributed by atoms with Crippen molar-refractivity contribution in [3.63, 3.8) is 0 Å². The molecule has 26 heavy (non-hydrogen) atoms. The third-order valence-electron chi connectivity index (χ3n) is 4.14. The largest absolute Gasteiger partial charge is 0.488 e. The summed E-state index contributed by atoms with van der Waals surface area (Å²) in [7, 11) is 1.77. The fraction of sp³-hybridized carbons (Fsp3) is 0.167. The number of aryl methyl sites for hydroxylation is 1. The van der Waals surface area contributed by atoms with Crippen molar-refractivity contribution in [1.29, 1.82) is 0 Å². The van der Waals surface area contributed by atoms with Gasteiger partial charge in [-0.3, -0.25) is 14.5 Å². The van der Waals surface area contributed by atoms with E-state index in [9.17, 15) is 9.18 Å². The summed E-state index contributed by atoms with van der Waals surface area (Å²) in [5.74, 6) is -0.114. The van der Waals surface area contributed by atoms with Crippen LogP contribution in [0.4, 0.5) is 4.39 Å². The van der Waals surface area contributed by atoms with E-state index in [4.69, 9.17) is 16.3 Å². The monoisotopic (exact) mass is 372 g/mol. The van der Waals surface area contributed by atoms with Crippen LogP contribution in [0.25, 0.3) is 11.3 Å². The molecule has 3 heterocycles. The molecule has 0 bridgehead atoms. The van der Waals surface area contributed by atoms with E-state index in [1.54, 1.807) is 29.9 Å². The Hall–Kier alpha value is -2.93. The first kappa shape index (κ1) is 16.5. The second kappa shape index (κ2) is 6.42. The van der Waals surface area contributed by atoms with Crippen molar-refractivity contribution in [3.8, 4) is 17.0 Å². The molecule has 0 spiro atoms. The third-order valence-corrected chi connectivity index (χ3v) is 4.38. The summed E-state index contributed by atoms with van der Waals surface area (Å²) in [5.41, 5.74) is 3.12. The number of benzene rings is 1. The molecule has 6 nitrogen and oxygen atoms in total. The minimum absolute atomic E-state index is 0.151. The van der Waals surface area contributed by atoms with Crippen molar-refractivity contribution in [2.75, 3.05) is 0 Å². The first-order chi connectivity index (χ1) is 12.5. The number of hydrogen-bond acceptors (Lipinski definition) is 4. The van der Waals surface area contributed by atoms with Crippen molar-refractivity contribution in [1.82, 2.24) is 20.1 Å². The highest BCUT2D eigenvalue weighted by molar-refractivity contribution is 6.31. The number of nitrogens with one attached hydrogen (secondary N) is 1. The summed E-state index contributed by atoms with van der Waals surface area (Å²) < 4.78 is 20.6. The molecule has 0 saturated heterocycles. The highest BCUT2D eigenvalue weighted by Gasteiger charge is 2.28. The Balaban J connectivity index is 1.63. The van der Waals surface area contributed by atoms with Crippen LogP contribution in [0, 0.1) is 5.82 Å². The lowest BCUT2D eigenvalue weighted by atomic mass is 10.0. The molecule has 3 aromatic rings. The summed E-state index contributed by atoms with van der Waals surface area (Å²) in [5, 5.41) is 7.66. The van der Waals surface area contributed by atoms with Crippen LogP contribution in [0.5, 0.6) is 5.75 Å². The van der Waals surface area contributed by atoms with E-state index >= 15 is 0 Å². The van der Waals surface area contributed by atoms with Gasteiger partial charge in [-0.25, -0.2) is 4.39 Å². The minimum atomic E-state index is -0.450. The summed E-state index contributed by atoms with van der Waals surface area (Å²) in [4.78, 5) is 16.3. The molecule has 1 aliphatic heterocycles. The lowest BCUT2D eigenvalue weighted by Crippen LogP contribution is -2.25. The van der Waals surface area contributed by atoms with E-state index in [1.807, 2.05) is 0 Å². The summed E-state index contributed by atoms with van der Waals surface area (Å²) >= 11 is 6.09. The van der Waals surface area contributed by atoms with E-state index in [2.05, 4.69) is 15.4 Å². The number of ether oxygens (including phenoxy) is 1. The molecule has 1 aromatic carbocycles. The molecule has 0 atom stereocenters. The van der Waals surface area contributed by atoms with Crippen molar-refractivity contribution < 1.29 is 13.9 Å². The third kappa shape index (κ3) is 2.90. The Morgan fingerprint density at radius 1 is 1.38 bits per heavy atom.